The molecule has 2 aliphatic carbocycles. The van der Waals surface area contributed by atoms with Crippen molar-refractivity contribution in [2.45, 2.75) is 63.3 Å². The summed E-state index contributed by atoms with van der Waals surface area (Å²) in [5.74, 6) is 0.746. The number of amides is 1. The van der Waals surface area contributed by atoms with Crippen LogP contribution in [0.1, 0.15) is 73.7 Å². The van der Waals surface area contributed by atoms with E-state index in [-0.39, 0.29) is 6.04 Å². The van der Waals surface area contributed by atoms with Crippen LogP contribution in [-0.2, 0) is 11.2 Å². The number of aromatic amines is 1. The van der Waals surface area contributed by atoms with Gasteiger partial charge in [0.15, 0.2) is 0 Å². The summed E-state index contributed by atoms with van der Waals surface area (Å²) in [7, 11) is 0. The highest BCUT2D eigenvalue weighted by Gasteiger charge is 2.24. The second-order valence-electron chi connectivity index (χ2n) is 6.89. The lowest BCUT2D eigenvalue weighted by Gasteiger charge is -2.23. The molecule has 1 heterocycles. The summed E-state index contributed by atoms with van der Waals surface area (Å²) in [5, 5.41) is 4.35. The van der Waals surface area contributed by atoms with Crippen molar-refractivity contribution in [1.82, 2.24) is 10.3 Å². The molecular weight excluding hydrogens is 272 g/mol. The minimum absolute atomic E-state index is 0.159. The van der Waals surface area contributed by atoms with E-state index in [0.29, 0.717) is 0 Å². The van der Waals surface area contributed by atoms with Crippen LogP contribution in [0.3, 0.4) is 0 Å². The van der Waals surface area contributed by atoms with Crippen LogP contribution in [0.2, 0.25) is 0 Å². The molecule has 2 aliphatic rings. The molecule has 0 saturated heterocycles. The molecule has 1 aromatic heterocycles. The average Bonchev–Trinajstić information content (AvgIpc) is 2.95. The van der Waals surface area contributed by atoms with Gasteiger partial charge in [0.1, 0.15) is 0 Å². The van der Waals surface area contributed by atoms with Crippen LogP contribution in [0.4, 0.5) is 0 Å². The van der Waals surface area contributed by atoms with Crippen LogP contribution in [0.5, 0.6) is 0 Å². The Morgan fingerprint density at radius 3 is 2.77 bits per heavy atom. The van der Waals surface area contributed by atoms with Gasteiger partial charge in [0.05, 0.1) is 6.04 Å². The summed E-state index contributed by atoms with van der Waals surface area (Å²) in [6.07, 6.45) is 11.0. The Bertz CT molecular complexity index is 682. The van der Waals surface area contributed by atoms with Gasteiger partial charge in [-0.15, -0.1) is 0 Å². The molecule has 4 rings (SSSR count). The number of hydrogen-bond donors (Lipinski definition) is 2. The average molecular weight is 296 g/mol. The highest BCUT2D eigenvalue weighted by Crippen LogP contribution is 2.38. The predicted molar refractivity (Wildman–Crippen MR) is 89.0 cm³/mol. The first-order valence-electron chi connectivity index (χ1n) is 8.71. The molecule has 0 unspecified atom stereocenters. The van der Waals surface area contributed by atoms with E-state index < -0.39 is 0 Å². The Labute approximate surface area is 131 Å². The Kier molecular flexibility index (Phi) is 3.65. The predicted octanol–water partition coefficient (Wildman–Crippen LogP) is 4.34. The van der Waals surface area contributed by atoms with Gasteiger partial charge in [-0.2, -0.15) is 0 Å². The van der Waals surface area contributed by atoms with Crippen molar-refractivity contribution in [3.05, 3.63) is 35.0 Å². The van der Waals surface area contributed by atoms with Crippen LogP contribution in [0.25, 0.3) is 10.9 Å². The normalized spacial score (nSPS) is 22.5. The molecule has 1 amide bonds. The number of H-pyrrole nitrogens is 1. The van der Waals surface area contributed by atoms with Crippen LogP contribution in [0, 0.1) is 0 Å². The SMILES string of the molecule is O=CN[C@H]1CCCc2c1[nH]c1ccc(C3CCCCC3)cc21. The molecule has 3 nitrogen and oxygen atoms in total. The fraction of sp³-hybridized carbons (Fsp3) is 0.526. The van der Waals surface area contributed by atoms with Gasteiger partial charge < -0.3 is 10.3 Å². The summed E-state index contributed by atoms with van der Waals surface area (Å²) in [6, 6.07) is 7.13. The zero-order valence-electron chi connectivity index (χ0n) is 13.0. The van der Waals surface area contributed by atoms with Gasteiger partial charge in [-0.1, -0.05) is 25.3 Å². The summed E-state index contributed by atoms with van der Waals surface area (Å²) in [5.41, 5.74) is 5.40. The number of benzene rings is 1. The van der Waals surface area contributed by atoms with Crippen molar-refractivity contribution >= 4 is 17.3 Å². The van der Waals surface area contributed by atoms with Crippen molar-refractivity contribution in [3.8, 4) is 0 Å². The number of fused-ring (bicyclic) bond motifs is 3. The highest BCUT2D eigenvalue weighted by atomic mass is 16.1. The van der Waals surface area contributed by atoms with Gasteiger partial charge in [-0.05, 0) is 61.3 Å². The Morgan fingerprint density at radius 2 is 1.95 bits per heavy atom. The van der Waals surface area contributed by atoms with E-state index in [1.807, 2.05) is 0 Å². The molecule has 0 radical (unpaired) electrons. The maximum Gasteiger partial charge on any atom is 0.207 e. The molecular formula is C19H24N2O. The van der Waals surface area contributed by atoms with Crippen LogP contribution >= 0.6 is 0 Å². The molecule has 1 saturated carbocycles. The molecule has 3 heteroatoms. The monoisotopic (exact) mass is 296 g/mol. The molecule has 22 heavy (non-hydrogen) atoms. The topological polar surface area (TPSA) is 44.9 Å². The number of carbonyl (C=O) groups is 1. The lowest BCUT2D eigenvalue weighted by molar-refractivity contribution is -0.110. The van der Waals surface area contributed by atoms with E-state index in [1.165, 1.54) is 59.8 Å². The van der Waals surface area contributed by atoms with Gasteiger partial charge >= 0.3 is 0 Å². The number of aromatic nitrogens is 1. The van der Waals surface area contributed by atoms with Gasteiger partial charge in [-0.3, -0.25) is 4.79 Å². The largest absolute Gasteiger partial charge is 0.356 e. The first-order chi connectivity index (χ1) is 10.9. The Morgan fingerprint density at radius 1 is 1.09 bits per heavy atom. The summed E-state index contributed by atoms with van der Waals surface area (Å²) in [6.45, 7) is 0. The quantitative estimate of drug-likeness (QED) is 0.813. The number of nitrogens with one attached hydrogen (secondary N) is 2. The molecule has 1 atom stereocenters. The Hall–Kier alpha value is -1.77. The molecule has 0 aliphatic heterocycles. The molecule has 2 aromatic rings. The third kappa shape index (κ3) is 2.33. The van der Waals surface area contributed by atoms with Crippen LogP contribution in [-0.4, -0.2) is 11.4 Å². The van der Waals surface area contributed by atoms with Gasteiger partial charge in [-0.25, -0.2) is 0 Å². The molecule has 0 bridgehead atoms. The first kappa shape index (κ1) is 13.9. The maximum atomic E-state index is 10.8. The lowest BCUT2D eigenvalue weighted by atomic mass is 9.83. The fourth-order valence-corrected chi connectivity index (χ4v) is 4.42. The number of hydrogen-bond acceptors (Lipinski definition) is 1. The van der Waals surface area contributed by atoms with E-state index in [1.54, 1.807) is 0 Å². The third-order valence-electron chi connectivity index (χ3n) is 5.58. The van der Waals surface area contributed by atoms with E-state index in [2.05, 4.69) is 28.5 Å². The second kappa shape index (κ2) is 5.79. The van der Waals surface area contributed by atoms with Crippen molar-refractivity contribution in [1.29, 1.82) is 0 Å². The molecule has 1 aromatic carbocycles. The number of rotatable bonds is 3. The molecule has 1 fully saturated rings. The Balaban J connectivity index is 1.74. The smallest absolute Gasteiger partial charge is 0.207 e. The maximum absolute atomic E-state index is 10.8. The number of aryl methyl sites for hydroxylation is 1. The van der Waals surface area contributed by atoms with E-state index in [0.717, 1.165) is 31.6 Å². The van der Waals surface area contributed by atoms with Crippen molar-refractivity contribution in [2.75, 3.05) is 0 Å². The van der Waals surface area contributed by atoms with Gasteiger partial charge in [0.25, 0.3) is 0 Å². The minimum atomic E-state index is 0.159. The van der Waals surface area contributed by atoms with E-state index >= 15 is 0 Å². The number of carbonyl (C=O) groups excluding carboxylic acids is 1. The second-order valence-corrected chi connectivity index (χ2v) is 6.89. The minimum Gasteiger partial charge on any atom is -0.356 e. The first-order valence-corrected chi connectivity index (χ1v) is 8.71. The summed E-state index contributed by atoms with van der Waals surface area (Å²) < 4.78 is 0. The standard InChI is InChI=1S/C19H24N2O/c22-12-20-18-8-4-7-15-16-11-14(13-5-2-1-3-6-13)9-10-17(16)21-19(15)18/h9-13,18,21H,1-8H2,(H,20,22)/t18-/m0/s1. The van der Waals surface area contributed by atoms with Crippen molar-refractivity contribution < 1.29 is 4.79 Å². The van der Waals surface area contributed by atoms with Crippen LogP contribution < -0.4 is 5.32 Å². The molecule has 2 N–H and O–H groups in total. The lowest BCUT2D eigenvalue weighted by Crippen LogP contribution is -2.23. The van der Waals surface area contributed by atoms with Gasteiger partial charge in [0.2, 0.25) is 6.41 Å². The van der Waals surface area contributed by atoms with Crippen molar-refractivity contribution in [2.24, 2.45) is 0 Å². The van der Waals surface area contributed by atoms with Gasteiger partial charge in [0, 0.05) is 16.6 Å². The van der Waals surface area contributed by atoms with E-state index in [4.69, 9.17) is 0 Å². The zero-order valence-corrected chi connectivity index (χ0v) is 13.0. The van der Waals surface area contributed by atoms with Crippen LogP contribution in [0.15, 0.2) is 18.2 Å². The summed E-state index contributed by atoms with van der Waals surface area (Å²) >= 11 is 0. The molecule has 116 valence electrons. The molecule has 0 spiro atoms. The third-order valence-corrected chi connectivity index (χ3v) is 5.58. The fourth-order valence-electron chi connectivity index (χ4n) is 4.42. The van der Waals surface area contributed by atoms with Crippen molar-refractivity contribution in [3.63, 3.8) is 0 Å². The van der Waals surface area contributed by atoms with E-state index in [9.17, 15) is 4.79 Å². The zero-order chi connectivity index (χ0) is 14.9. The highest BCUT2D eigenvalue weighted by molar-refractivity contribution is 5.86. The summed E-state index contributed by atoms with van der Waals surface area (Å²) in [4.78, 5) is 14.4.